The molecule has 1 saturated heterocycles. The number of hydrogen-bond donors (Lipinski definition) is 1. The molecule has 5 heteroatoms. The van der Waals surface area contributed by atoms with Crippen LogP contribution in [0.25, 0.3) is 6.08 Å². The lowest BCUT2D eigenvalue weighted by molar-refractivity contribution is -0.121. The molecule has 15 heavy (non-hydrogen) atoms. The SMILES string of the molecule is Cc1ccc(/C=C2\NC(=S)N(C)C2=O)o1. The molecule has 0 atom stereocenters. The molecule has 1 fully saturated rings. The topological polar surface area (TPSA) is 45.5 Å². The molecule has 0 saturated carbocycles. The number of carbonyl (C=O) groups excluding carboxylic acids is 1. The van der Waals surface area contributed by atoms with Crippen LogP contribution in [0.4, 0.5) is 0 Å². The minimum atomic E-state index is -0.144. The molecule has 0 bridgehead atoms. The quantitative estimate of drug-likeness (QED) is 0.574. The van der Waals surface area contributed by atoms with Crippen molar-refractivity contribution in [3.8, 4) is 0 Å². The third kappa shape index (κ3) is 1.78. The summed E-state index contributed by atoms with van der Waals surface area (Å²) in [6.07, 6.45) is 1.64. The number of nitrogens with one attached hydrogen (secondary N) is 1. The smallest absolute Gasteiger partial charge is 0.276 e. The van der Waals surface area contributed by atoms with Crippen LogP contribution in [0.1, 0.15) is 11.5 Å². The lowest BCUT2D eigenvalue weighted by Crippen LogP contribution is -2.25. The van der Waals surface area contributed by atoms with E-state index in [1.54, 1.807) is 19.2 Å². The molecular formula is C10H10N2O2S. The summed E-state index contributed by atoms with van der Waals surface area (Å²) >= 11 is 4.94. The van der Waals surface area contributed by atoms with Gasteiger partial charge in [0.25, 0.3) is 5.91 Å². The number of amides is 1. The van der Waals surface area contributed by atoms with Crippen molar-refractivity contribution < 1.29 is 9.21 Å². The molecule has 4 nitrogen and oxygen atoms in total. The molecule has 1 aromatic heterocycles. The van der Waals surface area contributed by atoms with Gasteiger partial charge in [0.2, 0.25) is 0 Å². The van der Waals surface area contributed by atoms with E-state index in [0.29, 0.717) is 16.6 Å². The van der Waals surface area contributed by atoms with E-state index in [9.17, 15) is 4.79 Å². The second-order valence-corrected chi connectivity index (χ2v) is 3.69. The first-order chi connectivity index (χ1) is 7.08. The summed E-state index contributed by atoms with van der Waals surface area (Å²) in [6.45, 7) is 1.85. The van der Waals surface area contributed by atoms with Crippen molar-refractivity contribution >= 4 is 29.3 Å². The Morgan fingerprint density at radius 3 is 2.73 bits per heavy atom. The summed E-state index contributed by atoms with van der Waals surface area (Å²) in [5.74, 6) is 1.30. The molecular weight excluding hydrogens is 212 g/mol. The van der Waals surface area contributed by atoms with Crippen molar-refractivity contribution in [1.82, 2.24) is 10.2 Å². The summed E-state index contributed by atoms with van der Waals surface area (Å²) < 4.78 is 5.33. The van der Waals surface area contributed by atoms with E-state index in [0.717, 1.165) is 5.76 Å². The molecule has 1 amide bonds. The first-order valence-electron chi connectivity index (χ1n) is 4.45. The van der Waals surface area contributed by atoms with Crippen LogP contribution in [0.5, 0.6) is 0 Å². The number of likely N-dealkylation sites (N-methyl/N-ethyl adjacent to an activating group) is 1. The largest absolute Gasteiger partial charge is 0.462 e. The maximum Gasteiger partial charge on any atom is 0.276 e. The Morgan fingerprint density at radius 2 is 2.27 bits per heavy atom. The molecule has 1 N–H and O–H groups in total. The maximum absolute atomic E-state index is 11.6. The van der Waals surface area contributed by atoms with Gasteiger partial charge in [-0.25, -0.2) is 0 Å². The van der Waals surface area contributed by atoms with Crippen LogP contribution in [0.15, 0.2) is 22.2 Å². The van der Waals surface area contributed by atoms with Gasteiger partial charge in [-0.05, 0) is 31.3 Å². The van der Waals surface area contributed by atoms with Crippen LogP contribution in [0.3, 0.4) is 0 Å². The number of nitrogens with zero attached hydrogens (tertiary/aromatic N) is 1. The monoisotopic (exact) mass is 222 g/mol. The Bertz CT molecular complexity index is 462. The van der Waals surface area contributed by atoms with Gasteiger partial charge in [0, 0.05) is 13.1 Å². The van der Waals surface area contributed by atoms with Crippen LogP contribution in [0, 0.1) is 6.92 Å². The van der Waals surface area contributed by atoms with Gasteiger partial charge in [-0.1, -0.05) is 0 Å². The minimum Gasteiger partial charge on any atom is -0.462 e. The molecule has 2 heterocycles. The number of thiocarbonyl (C=S) groups is 1. The summed E-state index contributed by atoms with van der Waals surface area (Å²) in [4.78, 5) is 13.0. The Balaban J connectivity index is 2.29. The fourth-order valence-electron chi connectivity index (χ4n) is 1.30. The predicted molar refractivity (Wildman–Crippen MR) is 59.9 cm³/mol. The normalized spacial score (nSPS) is 18.8. The Morgan fingerprint density at radius 1 is 1.53 bits per heavy atom. The van der Waals surface area contributed by atoms with Crippen molar-refractivity contribution in [2.75, 3.05) is 7.05 Å². The number of hydrogen-bond acceptors (Lipinski definition) is 3. The highest BCUT2D eigenvalue weighted by molar-refractivity contribution is 7.80. The molecule has 0 radical (unpaired) electrons. The minimum absolute atomic E-state index is 0.144. The Labute approximate surface area is 92.5 Å². The first-order valence-corrected chi connectivity index (χ1v) is 4.86. The zero-order valence-electron chi connectivity index (χ0n) is 8.40. The van der Waals surface area contributed by atoms with E-state index in [2.05, 4.69) is 5.32 Å². The second-order valence-electron chi connectivity index (χ2n) is 3.30. The number of rotatable bonds is 1. The summed E-state index contributed by atoms with van der Waals surface area (Å²) in [5, 5.41) is 3.23. The Kier molecular flexibility index (Phi) is 2.32. The van der Waals surface area contributed by atoms with Gasteiger partial charge in [0.1, 0.15) is 17.2 Å². The van der Waals surface area contributed by atoms with Gasteiger partial charge in [0.15, 0.2) is 5.11 Å². The van der Waals surface area contributed by atoms with Crippen molar-refractivity contribution in [2.24, 2.45) is 0 Å². The van der Waals surface area contributed by atoms with Crippen molar-refractivity contribution in [3.05, 3.63) is 29.4 Å². The zero-order chi connectivity index (χ0) is 11.0. The van der Waals surface area contributed by atoms with Gasteiger partial charge in [0.05, 0.1) is 0 Å². The van der Waals surface area contributed by atoms with E-state index < -0.39 is 0 Å². The maximum atomic E-state index is 11.6. The molecule has 0 unspecified atom stereocenters. The summed E-state index contributed by atoms with van der Waals surface area (Å²) in [7, 11) is 1.63. The number of furan rings is 1. The van der Waals surface area contributed by atoms with E-state index in [-0.39, 0.29) is 5.91 Å². The van der Waals surface area contributed by atoms with Crippen LogP contribution < -0.4 is 5.32 Å². The fraction of sp³-hybridized carbons (Fsp3) is 0.200. The average molecular weight is 222 g/mol. The molecule has 78 valence electrons. The molecule has 1 aliphatic rings. The third-order valence-electron chi connectivity index (χ3n) is 2.13. The van der Waals surface area contributed by atoms with E-state index in [4.69, 9.17) is 16.6 Å². The van der Waals surface area contributed by atoms with E-state index in [1.165, 1.54) is 4.90 Å². The van der Waals surface area contributed by atoms with Crippen LogP contribution in [0.2, 0.25) is 0 Å². The van der Waals surface area contributed by atoms with Gasteiger partial charge in [-0.2, -0.15) is 0 Å². The second kappa shape index (κ2) is 3.51. The first kappa shape index (κ1) is 9.92. The lowest BCUT2D eigenvalue weighted by Gasteiger charge is -2.02. The molecule has 0 spiro atoms. The Hall–Kier alpha value is -1.62. The highest BCUT2D eigenvalue weighted by Crippen LogP contribution is 2.14. The van der Waals surface area contributed by atoms with Crippen molar-refractivity contribution in [1.29, 1.82) is 0 Å². The van der Waals surface area contributed by atoms with Gasteiger partial charge >= 0.3 is 0 Å². The van der Waals surface area contributed by atoms with Crippen molar-refractivity contribution in [2.45, 2.75) is 6.92 Å². The summed E-state index contributed by atoms with van der Waals surface area (Å²) in [6, 6.07) is 3.65. The predicted octanol–water partition coefficient (Wildman–Crippen LogP) is 1.28. The van der Waals surface area contributed by atoms with Gasteiger partial charge in [-0.15, -0.1) is 0 Å². The molecule has 2 rings (SSSR count). The highest BCUT2D eigenvalue weighted by atomic mass is 32.1. The van der Waals surface area contributed by atoms with E-state index in [1.807, 2.05) is 13.0 Å². The van der Waals surface area contributed by atoms with Crippen LogP contribution >= 0.6 is 12.2 Å². The van der Waals surface area contributed by atoms with Crippen LogP contribution in [-0.2, 0) is 4.79 Å². The molecule has 1 aromatic rings. The third-order valence-corrected chi connectivity index (χ3v) is 2.50. The van der Waals surface area contributed by atoms with Crippen molar-refractivity contribution in [3.63, 3.8) is 0 Å². The molecule has 1 aliphatic heterocycles. The lowest BCUT2D eigenvalue weighted by atomic mass is 10.3. The van der Waals surface area contributed by atoms with E-state index >= 15 is 0 Å². The van der Waals surface area contributed by atoms with Gasteiger partial charge < -0.3 is 9.73 Å². The zero-order valence-corrected chi connectivity index (χ0v) is 9.22. The fourth-order valence-corrected chi connectivity index (χ4v) is 1.49. The number of aryl methyl sites for hydroxylation is 1. The van der Waals surface area contributed by atoms with Gasteiger partial charge in [-0.3, -0.25) is 9.69 Å². The summed E-state index contributed by atoms with van der Waals surface area (Å²) in [5.41, 5.74) is 0.442. The average Bonchev–Trinajstić information content (AvgIpc) is 2.68. The standard InChI is InChI=1S/C10H10N2O2S/c1-6-3-4-7(14-6)5-8-9(13)12(2)10(15)11-8/h3-5H,1-2H3,(H,11,15)/b8-5-. The molecule has 0 aliphatic carbocycles. The van der Waals surface area contributed by atoms with Crippen LogP contribution in [-0.4, -0.2) is 23.0 Å². The highest BCUT2D eigenvalue weighted by Gasteiger charge is 2.27. The number of carbonyl (C=O) groups is 1. The molecule has 0 aromatic carbocycles.